The van der Waals surface area contributed by atoms with E-state index in [1.165, 1.54) is 6.08 Å². The summed E-state index contributed by atoms with van der Waals surface area (Å²) in [6, 6.07) is 0. The molecule has 1 aliphatic rings. The van der Waals surface area contributed by atoms with Gasteiger partial charge in [-0.2, -0.15) is 0 Å². The summed E-state index contributed by atoms with van der Waals surface area (Å²) in [4.78, 5) is 39.1. The predicted molar refractivity (Wildman–Crippen MR) is 77.7 cm³/mol. The highest BCUT2D eigenvalue weighted by atomic mass is 32.1. The van der Waals surface area contributed by atoms with Crippen molar-refractivity contribution >= 4 is 47.4 Å². The standard InChI is InChI=1S/C11H8N4O4S2/c16-6-4(7(17)13-10(20)12-6)2-1-3-5-8(18)14-11(21)15-9(5)19/h1-3H,(H2,12,13,16,17,20)(H3,14,15,18,19,21)/p-1. The molecule has 1 aliphatic heterocycles. The van der Waals surface area contributed by atoms with E-state index >= 15 is 0 Å². The van der Waals surface area contributed by atoms with E-state index in [0.29, 0.717) is 0 Å². The minimum absolute atomic E-state index is 0.0833. The molecule has 0 bridgehead atoms. The second-order valence-electron chi connectivity index (χ2n) is 3.83. The molecule has 1 aromatic rings. The fourth-order valence-electron chi connectivity index (χ4n) is 1.49. The molecule has 2 amide bonds. The van der Waals surface area contributed by atoms with Crippen LogP contribution in [0.1, 0.15) is 5.56 Å². The molecule has 0 saturated carbocycles. The van der Waals surface area contributed by atoms with E-state index < -0.39 is 23.3 Å². The van der Waals surface area contributed by atoms with Crippen LogP contribution in [0.4, 0.5) is 0 Å². The SMILES string of the molecule is O=C1NC(=S)NC(=O)C1=CC=Cc1c([O-])[nH]c(=S)[nH]c1=O. The molecule has 1 saturated heterocycles. The molecule has 0 atom stereocenters. The maximum Gasteiger partial charge on any atom is 0.263 e. The van der Waals surface area contributed by atoms with E-state index in [1.807, 2.05) is 0 Å². The van der Waals surface area contributed by atoms with E-state index in [0.717, 1.165) is 12.2 Å². The largest absolute Gasteiger partial charge is 0.860 e. The fourth-order valence-corrected chi connectivity index (χ4v) is 1.86. The molecule has 0 spiro atoms. The second-order valence-corrected chi connectivity index (χ2v) is 4.64. The van der Waals surface area contributed by atoms with Gasteiger partial charge in [0.05, 0.1) is 0 Å². The fraction of sp³-hybridized carbons (Fsp3) is 0. The second kappa shape index (κ2) is 5.81. The Bertz CT molecular complexity index is 796. The normalized spacial score (nSPS) is 15.0. The summed E-state index contributed by atoms with van der Waals surface area (Å²) in [6.07, 6.45) is 3.55. The maximum atomic E-state index is 11.5. The van der Waals surface area contributed by atoms with Crippen LogP contribution in [-0.2, 0) is 9.59 Å². The minimum atomic E-state index is -0.669. The molecule has 1 fully saturated rings. The van der Waals surface area contributed by atoms with Gasteiger partial charge in [-0.1, -0.05) is 6.08 Å². The molecule has 4 N–H and O–H groups in total. The smallest absolute Gasteiger partial charge is 0.263 e. The zero-order valence-corrected chi connectivity index (χ0v) is 11.8. The molecular formula is C11H7N4O4S2-. The Hall–Kier alpha value is -2.59. The van der Waals surface area contributed by atoms with Crippen LogP contribution in [0.5, 0.6) is 5.88 Å². The lowest BCUT2D eigenvalue weighted by Crippen LogP contribution is -2.51. The van der Waals surface area contributed by atoms with Crippen molar-refractivity contribution in [2.24, 2.45) is 0 Å². The van der Waals surface area contributed by atoms with E-state index in [-0.39, 0.29) is 21.0 Å². The lowest BCUT2D eigenvalue weighted by molar-refractivity contribution is -0.275. The summed E-state index contributed by atoms with van der Waals surface area (Å²) >= 11 is 9.28. The van der Waals surface area contributed by atoms with Crippen LogP contribution in [0, 0.1) is 4.77 Å². The van der Waals surface area contributed by atoms with Crippen molar-refractivity contribution in [1.82, 2.24) is 20.6 Å². The molecular weight excluding hydrogens is 316 g/mol. The zero-order chi connectivity index (χ0) is 15.6. The highest BCUT2D eigenvalue weighted by Crippen LogP contribution is 2.07. The van der Waals surface area contributed by atoms with E-state index in [1.54, 1.807) is 0 Å². The van der Waals surface area contributed by atoms with Crippen LogP contribution in [-0.4, -0.2) is 26.9 Å². The predicted octanol–water partition coefficient (Wildman–Crippen LogP) is -1.02. The average molecular weight is 323 g/mol. The number of allylic oxidation sites excluding steroid dienone is 2. The first-order valence-electron chi connectivity index (χ1n) is 5.47. The van der Waals surface area contributed by atoms with Crippen LogP contribution in [0.15, 0.2) is 22.5 Å². The summed E-state index contributed by atoms with van der Waals surface area (Å²) in [7, 11) is 0. The van der Waals surface area contributed by atoms with E-state index in [9.17, 15) is 19.5 Å². The number of thiocarbonyl (C=S) groups is 1. The Balaban J connectivity index is 2.31. The van der Waals surface area contributed by atoms with Gasteiger partial charge in [-0.15, -0.1) is 0 Å². The number of amides is 2. The summed E-state index contributed by atoms with van der Waals surface area (Å²) in [5, 5.41) is 15.9. The van der Waals surface area contributed by atoms with Crippen molar-refractivity contribution in [3.8, 4) is 5.88 Å². The lowest BCUT2D eigenvalue weighted by Gasteiger charge is -2.15. The molecule has 21 heavy (non-hydrogen) atoms. The zero-order valence-electron chi connectivity index (χ0n) is 10.2. The average Bonchev–Trinajstić information content (AvgIpc) is 2.34. The Morgan fingerprint density at radius 1 is 1.00 bits per heavy atom. The summed E-state index contributed by atoms with van der Waals surface area (Å²) in [6.45, 7) is 0. The molecule has 1 aromatic heterocycles. The van der Waals surface area contributed by atoms with Crippen molar-refractivity contribution in [1.29, 1.82) is 0 Å². The number of hydrogen-bond donors (Lipinski definition) is 4. The van der Waals surface area contributed by atoms with E-state index in [4.69, 9.17) is 0 Å². The van der Waals surface area contributed by atoms with Crippen molar-refractivity contribution in [3.63, 3.8) is 0 Å². The van der Waals surface area contributed by atoms with E-state index in [2.05, 4.69) is 45.0 Å². The van der Waals surface area contributed by atoms with Crippen LogP contribution >= 0.6 is 24.4 Å². The van der Waals surface area contributed by atoms with Crippen LogP contribution < -0.4 is 21.3 Å². The first-order chi connectivity index (χ1) is 9.88. The van der Waals surface area contributed by atoms with Gasteiger partial charge < -0.3 is 10.1 Å². The third kappa shape index (κ3) is 3.30. The monoisotopic (exact) mass is 323 g/mol. The van der Waals surface area contributed by atoms with Gasteiger partial charge in [0.25, 0.3) is 17.4 Å². The van der Waals surface area contributed by atoms with Crippen molar-refractivity contribution in [2.45, 2.75) is 0 Å². The van der Waals surface area contributed by atoms with Crippen molar-refractivity contribution < 1.29 is 14.7 Å². The Morgan fingerprint density at radius 2 is 1.62 bits per heavy atom. The number of aromatic amines is 2. The van der Waals surface area contributed by atoms with Gasteiger partial charge in [0.2, 0.25) is 0 Å². The van der Waals surface area contributed by atoms with Gasteiger partial charge in [0, 0.05) is 5.56 Å². The molecule has 0 aromatic carbocycles. The Morgan fingerprint density at radius 3 is 2.19 bits per heavy atom. The van der Waals surface area contributed by atoms with Crippen molar-refractivity contribution in [3.05, 3.63) is 38.4 Å². The Labute approximate surface area is 127 Å². The number of hydrogen-bond acceptors (Lipinski definition) is 6. The summed E-state index contributed by atoms with van der Waals surface area (Å²) in [5.41, 5.74) is -1.07. The highest BCUT2D eigenvalue weighted by molar-refractivity contribution is 7.80. The number of nitrogens with one attached hydrogen (secondary N) is 4. The van der Waals surface area contributed by atoms with Gasteiger partial charge in [-0.3, -0.25) is 30.0 Å². The number of aromatic nitrogens is 2. The van der Waals surface area contributed by atoms with Gasteiger partial charge >= 0.3 is 0 Å². The molecule has 2 heterocycles. The molecule has 0 aliphatic carbocycles. The third-order valence-corrected chi connectivity index (χ3v) is 2.82. The molecule has 8 nitrogen and oxygen atoms in total. The molecule has 0 unspecified atom stereocenters. The third-order valence-electron chi connectivity index (χ3n) is 2.41. The molecule has 2 rings (SSSR count). The van der Waals surface area contributed by atoms with Crippen LogP contribution in [0.25, 0.3) is 6.08 Å². The first-order valence-corrected chi connectivity index (χ1v) is 6.29. The summed E-state index contributed by atoms with van der Waals surface area (Å²) < 4.78 is -0.0833. The summed E-state index contributed by atoms with van der Waals surface area (Å²) in [5.74, 6) is -2.01. The van der Waals surface area contributed by atoms with Gasteiger partial charge in [-0.05, 0) is 42.5 Å². The molecule has 10 heteroatoms. The van der Waals surface area contributed by atoms with Crippen LogP contribution in [0.2, 0.25) is 0 Å². The van der Waals surface area contributed by atoms with Crippen LogP contribution in [0.3, 0.4) is 0 Å². The van der Waals surface area contributed by atoms with Gasteiger partial charge in [0.15, 0.2) is 9.88 Å². The molecule has 0 radical (unpaired) electrons. The highest BCUT2D eigenvalue weighted by Gasteiger charge is 2.24. The Kier molecular flexibility index (Phi) is 4.10. The quantitative estimate of drug-likeness (QED) is 0.313. The minimum Gasteiger partial charge on any atom is -0.860 e. The number of carbonyl (C=O) groups excluding carboxylic acids is 2. The van der Waals surface area contributed by atoms with Gasteiger partial charge in [-0.25, -0.2) is 0 Å². The maximum absolute atomic E-state index is 11.5. The number of carbonyl (C=O) groups is 2. The number of H-pyrrole nitrogens is 2. The molecule has 108 valence electrons. The first kappa shape index (κ1) is 14.8. The topological polar surface area (TPSA) is 130 Å². The van der Waals surface area contributed by atoms with Gasteiger partial charge in [0.1, 0.15) is 5.57 Å². The van der Waals surface area contributed by atoms with Crippen molar-refractivity contribution in [2.75, 3.05) is 0 Å². The lowest BCUT2D eigenvalue weighted by atomic mass is 10.1. The number of rotatable bonds is 2.